The summed E-state index contributed by atoms with van der Waals surface area (Å²) in [7, 11) is 0. The number of halogens is 4. The van der Waals surface area contributed by atoms with Crippen LogP contribution in [-0.4, -0.2) is 25.2 Å². The topological polar surface area (TPSA) is 26.0 Å². The van der Waals surface area contributed by atoms with Gasteiger partial charge in [-0.1, -0.05) is 0 Å². The molecule has 0 spiro atoms. The molecule has 0 unspecified atom stereocenters. The average molecular weight is 403 g/mol. The quantitative estimate of drug-likeness (QED) is 0.603. The summed E-state index contributed by atoms with van der Waals surface area (Å²) in [5, 5.41) is 0.0742. The molecule has 1 heterocycles. The number of alkyl halides is 3. The first-order valence-electron chi connectivity index (χ1n) is 6.51. The molecule has 0 radical (unpaired) electrons. The van der Waals surface area contributed by atoms with Crippen molar-refractivity contribution in [3.8, 4) is 22.6 Å². The van der Waals surface area contributed by atoms with E-state index in [1.165, 1.54) is 0 Å². The van der Waals surface area contributed by atoms with Gasteiger partial charge < -0.3 is 0 Å². The number of hydrogen-bond donors (Lipinski definition) is 0. The van der Waals surface area contributed by atoms with Gasteiger partial charge in [-0.3, -0.25) is 0 Å². The third-order valence-corrected chi connectivity index (χ3v) is 4.98. The van der Waals surface area contributed by atoms with Gasteiger partial charge in [-0.05, 0) is 0 Å². The normalized spacial score (nSPS) is 11.7. The summed E-state index contributed by atoms with van der Waals surface area (Å²) < 4.78 is 44.4. The van der Waals surface area contributed by atoms with Crippen molar-refractivity contribution in [2.24, 2.45) is 0 Å². The summed E-state index contributed by atoms with van der Waals surface area (Å²) in [5.74, 6) is 0.137. The molecular weight excluding hydrogens is 394 g/mol. The van der Waals surface area contributed by atoms with E-state index in [-0.39, 0.29) is 15.9 Å². The molecule has 0 aliphatic rings. The van der Waals surface area contributed by atoms with Crippen molar-refractivity contribution in [3.05, 3.63) is 59.6 Å². The first-order chi connectivity index (χ1) is 10.9. The number of aromatic nitrogens is 1. The van der Waals surface area contributed by atoms with Crippen molar-refractivity contribution >= 4 is 31.0 Å². The van der Waals surface area contributed by atoms with E-state index in [4.69, 9.17) is 16.1 Å². The minimum absolute atomic E-state index is 0.0820. The molecule has 3 aromatic rings. The third-order valence-electron chi connectivity index (χ3n) is 3.02. The van der Waals surface area contributed by atoms with Crippen LogP contribution in [0.4, 0.5) is 13.2 Å². The van der Waals surface area contributed by atoms with Crippen molar-refractivity contribution in [1.29, 1.82) is 0 Å². The first kappa shape index (κ1) is 16.1. The van der Waals surface area contributed by atoms with Crippen LogP contribution in [0.1, 0.15) is 0 Å². The Balaban J connectivity index is 2.13. The second-order valence-electron chi connectivity index (χ2n) is 4.61. The molecule has 0 N–H and O–H groups in total. The zero-order valence-corrected chi connectivity index (χ0v) is 13.9. The maximum absolute atomic E-state index is 13.0. The molecule has 0 saturated carbocycles. The average Bonchev–Trinajstić information content (AvgIpc) is 2.90. The van der Waals surface area contributed by atoms with E-state index in [0.717, 1.165) is 0 Å². The maximum atomic E-state index is 13.0. The fraction of sp³-hybridized carbons (Fsp3) is 0.0625. The van der Waals surface area contributed by atoms with Crippen LogP contribution in [0.5, 0.6) is 0 Å². The Kier molecular flexibility index (Phi) is 4.48. The van der Waals surface area contributed by atoms with Gasteiger partial charge in [0.1, 0.15) is 0 Å². The van der Waals surface area contributed by atoms with Crippen molar-refractivity contribution in [3.63, 3.8) is 0 Å². The van der Waals surface area contributed by atoms with Crippen LogP contribution in [0, 0.1) is 0 Å². The van der Waals surface area contributed by atoms with Gasteiger partial charge in [-0.2, -0.15) is 0 Å². The Morgan fingerprint density at radius 2 is 1.57 bits per heavy atom. The Morgan fingerprint density at radius 1 is 0.913 bits per heavy atom. The molecule has 2 aromatic carbocycles. The van der Waals surface area contributed by atoms with E-state index >= 15 is 0 Å². The zero-order valence-electron chi connectivity index (χ0n) is 11.5. The van der Waals surface area contributed by atoms with E-state index in [9.17, 15) is 13.2 Å². The predicted octanol–water partition coefficient (Wildman–Crippen LogP) is 4.51. The molecule has 118 valence electrons. The monoisotopic (exact) mass is 403 g/mol. The summed E-state index contributed by atoms with van der Waals surface area (Å²) >= 11 is 4.05. The molecule has 0 fully saturated rings. The van der Waals surface area contributed by atoms with Gasteiger partial charge in [-0.15, -0.1) is 0 Å². The van der Waals surface area contributed by atoms with Crippen molar-refractivity contribution < 1.29 is 17.7 Å². The Bertz CT molecular complexity index is 800. The summed E-state index contributed by atoms with van der Waals surface area (Å²) in [4.78, 5) is 0. The fourth-order valence-electron chi connectivity index (χ4n) is 2.06. The molecule has 0 atom stereocenters. The summed E-state index contributed by atoms with van der Waals surface area (Å²) in [5.41, 5.74) is 1.34. The molecule has 2 nitrogen and oxygen atoms in total. The van der Waals surface area contributed by atoms with Crippen LogP contribution in [0.3, 0.4) is 0 Å². The van der Waals surface area contributed by atoms with Gasteiger partial charge in [0.2, 0.25) is 0 Å². The van der Waals surface area contributed by atoms with Gasteiger partial charge in [0, 0.05) is 0 Å². The van der Waals surface area contributed by atoms with Gasteiger partial charge in [0.25, 0.3) is 0 Å². The molecule has 0 aliphatic heterocycles. The Labute approximate surface area is 141 Å². The van der Waals surface area contributed by atoms with Gasteiger partial charge in [-0.25, -0.2) is 0 Å². The van der Waals surface area contributed by atoms with E-state index in [2.05, 4.69) is 5.16 Å². The first-order valence-corrected chi connectivity index (χ1v) is 8.60. The number of nitrogens with zero attached hydrogens (tertiary/aromatic N) is 1. The number of hydrogen-bond acceptors (Lipinski definition) is 2. The fourth-order valence-corrected chi connectivity index (χ4v) is 3.72. The molecule has 23 heavy (non-hydrogen) atoms. The second-order valence-corrected chi connectivity index (χ2v) is 7.30. The van der Waals surface area contributed by atoms with Crippen LogP contribution in [0.2, 0.25) is 5.02 Å². The van der Waals surface area contributed by atoms with Gasteiger partial charge >= 0.3 is 141 Å². The zero-order chi connectivity index (χ0) is 16.4. The standard InChI is InChI=1S/C16H9ClF3NOSe/c17-12-8-6-11(7-9-12)14-15(23-16(18,19)20)13(21-22-14)10-4-2-1-3-5-10/h1-9H. The van der Waals surface area contributed by atoms with Crippen molar-refractivity contribution in [2.45, 2.75) is 5.07 Å². The summed E-state index contributed by atoms with van der Waals surface area (Å²) in [6.07, 6.45) is 0. The molecule has 0 bridgehead atoms. The molecule has 0 amide bonds. The van der Waals surface area contributed by atoms with Crippen molar-refractivity contribution in [2.75, 3.05) is 0 Å². The van der Waals surface area contributed by atoms with Crippen LogP contribution in [-0.2, 0) is 0 Å². The van der Waals surface area contributed by atoms with E-state index in [1.807, 2.05) is 0 Å². The van der Waals surface area contributed by atoms with E-state index in [0.29, 0.717) is 16.1 Å². The van der Waals surface area contributed by atoms with E-state index in [1.54, 1.807) is 54.6 Å². The summed E-state index contributed by atoms with van der Waals surface area (Å²) in [6.45, 7) is 0. The summed E-state index contributed by atoms with van der Waals surface area (Å²) in [6, 6.07) is 15.1. The second kappa shape index (κ2) is 6.40. The number of rotatable bonds is 3. The Hall–Kier alpha value is -1.75. The van der Waals surface area contributed by atoms with Crippen LogP contribution < -0.4 is 4.46 Å². The predicted molar refractivity (Wildman–Crippen MR) is 83.8 cm³/mol. The van der Waals surface area contributed by atoms with Crippen LogP contribution >= 0.6 is 11.6 Å². The molecular formula is C16H9ClF3NOSe. The molecule has 7 heteroatoms. The molecule has 0 saturated heterocycles. The molecule has 1 aromatic heterocycles. The van der Waals surface area contributed by atoms with Gasteiger partial charge in [0.05, 0.1) is 0 Å². The molecule has 0 aliphatic carbocycles. The SMILES string of the molecule is FC(F)(F)[Se]c1c(-c2ccccc2)noc1-c1ccc(Cl)cc1. The van der Waals surface area contributed by atoms with Crippen LogP contribution in [0.15, 0.2) is 59.1 Å². The number of benzene rings is 2. The van der Waals surface area contributed by atoms with Crippen LogP contribution in [0.25, 0.3) is 22.6 Å². The van der Waals surface area contributed by atoms with E-state index < -0.39 is 20.0 Å². The minimum atomic E-state index is -4.30. The van der Waals surface area contributed by atoms with Crippen molar-refractivity contribution in [1.82, 2.24) is 5.16 Å². The third kappa shape index (κ3) is 3.78. The van der Waals surface area contributed by atoms with Gasteiger partial charge in [0.15, 0.2) is 0 Å². The Morgan fingerprint density at radius 3 is 2.17 bits per heavy atom. The molecule has 3 rings (SSSR count).